The molecule has 0 radical (unpaired) electrons. The van der Waals surface area contributed by atoms with Gasteiger partial charge in [-0.05, 0) is 59.5 Å². The molecule has 0 saturated heterocycles. The van der Waals surface area contributed by atoms with Gasteiger partial charge in [-0.1, -0.05) is 36.4 Å². The Balaban J connectivity index is 1.74. The number of halogens is 1. The number of anilines is 3. The van der Waals surface area contributed by atoms with Crippen molar-refractivity contribution in [2.45, 2.75) is 31.2 Å². The van der Waals surface area contributed by atoms with E-state index >= 15 is 0 Å². The molecule has 10 heteroatoms. The quantitative estimate of drug-likeness (QED) is 0.323. The molecule has 0 unspecified atom stereocenters. The van der Waals surface area contributed by atoms with Crippen LogP contribution >= 0.6 is 15.9 Å². The number of rotatable bonds is 10. The van der Waals surface area contributed by atoms with Crippen molar-refractivity contribution in [3.63, 3.8) is 0 Å². The van der Waals surface area contributed by atoms with Gasteiger partial charge in [0.1, 0.15) is 5.82 Å². The molecule has 1 atom stereocenters. The van der Waals surface area contributed by atoms with Crippen LogP contribution in [0.3, 0.4) is 0 Å². The van der Waals surface area contributed by atoms with Crippen LogP contribution in [-0.2, 0) is 16.4 Å². The summed E-state index contributed by atoms with van der Waals surface area (Å²) in [5.74, 6) is 0.816. The topological polar surface area (TPSA) is 116 Å². The van der Waals surface area contributed by atoms with Crippen molar-refractivity contribution in [1.29, 1.82) is 0 Å². The number of benzene rings is 2. The normalized spacial score (nSPS) is 12.4. The van der Waals surface area contributed by atoms with E-state index in [1.807, 2.05) is 37.3 Å². The van der Waals surface area contributed by atoms with Crippen LogP contribution < -0.4 is 15.4 Å². The van der Waals surface area contributed by atoms with E-state index in [9.17, 15) is 13.5 Å². The lowest BCUT2D eigenvalue weighted by molar-refractivity contribution is 0.281. The Morgan fingerprint density at radius 2 is 1.91 bits per heavy atom. The second-order valence-electron chi connectivity index (χ2n) is 7.36. The molecule has 1 aromatic heterocycles. The van der Waals surface area contributed by atoms with Gasteiger partial charge in [0.25, 0.3) is 0 Å². The van der Waals surface area contributed by atoms with E-state index in [1.54, 1.807) is 31.3 Å². The summed E-state index contributed by atoms with van der Waals surface area (Å²) in [4.78, 5) is 8.82. The summed E-state index contributed by atoms with van der Waals surface area (Å²) < 4.78 is 29.1. The van der Waals surface area contributed by atoms with Crippen LogP contribution in [0.15, 0.2) is 64.1 Å². The second-order valence-corrected chi connectivity index (χ2v) is 9.95. The fourth-order valence-corrected chi connectivity index (χ4v) is 4.56. The fourth-order valence-electron chi connectivity index (χ4n) is 2.96. The molecule has 3 rings (SSSR count). The Morgan fingerprint density at radius 1 is 1.16 bits per heavy atom. The van der Waals surface area contributed by atoms with Crippen molar-refractivity contribution in [2.24, 2.45) is 0 Å². The van der Waals surface area contributed by atoms with E-state index in [4.69, 9.17) is 0 Å². The van der Waals surface area contributed by atoms with Crippen molar-refractivity contribution in [3.8, 4) is 0 Å². The number of aliphatic hydroxyl groups is 1. The molecule has 32 heavy (non-hydrogen) atoms. The Morgan fingerprint density at radius 3 is 2.62 bits per heavy atom. The SMILES string of the molecule is Cc1ccc(Nc2ncc(Br)c(N[C@H](C)CO)n2)cc1S(=O)(=O)NCCc1ccccc1. The largest absolute Gasteiger partial charge is 0.394 e. The molecule has 0 fully saturated rings. The van der Waals surface area contributed by atoms with Gasteiger partial charge in [-0.3, -0.25) is 0 Å². The molecular formula is C22H26BrN5O3S. The highest BCUT2D eigenvalue weighted by molar-refractivity contribution is 9.10. The van der Waals surface area contributed by atoms with Crippen molar-refractivity contribution < 1.29 is 13.5 Å². The van der Waals surface area contributed by atoms with Gasteiger partial charge in [0, 0.05) is 24.5 Å². The standard InChI is InChI=1S/C22H26BrN5O3S/c1-15-8-9-18(27-22-24-13-19(23)21(28-22)26-16(2)14-29)12-20(15)32(30,31)25-11-10-17-6-4-3-5-7-17/h3-9,12-13,16,25,29H,10-11,14H2,1-2H3,(H2,24,26,27,28)/t16-/m1/s1. The minimum Gasteiger partial charge on any atom is -0.394 e. The highest BCUT2D eigenvalue weighted by atomic mass is 79.9. The summed E-state index contributed by atoms with van der Waals surface area (Å²) in [5, 5.41) is 15.4. The number of nitrogens with zero attached hydrogens (tertiary/aromatic N) is 2. The third-order valence-electron chi connectivity index (χ3n) is 4.68. The lowest BCUT2D eigenvalue weighted by Gasteiger charge is -2.15. The Hall–Kier alpha value is -2.53. The van der Waals surface area contributed by atoms with Crippen LogP contribution in [0.25, 0.3) is 0 Å². The molecule has 2 aromatic carbocycles. The zero-order valence-electron chi connectivity index (χ0n) is 17.8. The molecule has 170 valence electrons. The molecule has 8 nitrogen and oxygen atoms in total. The molecule has 1 heterocycles. The van der Waals surface area contributed by atoms with E-state index in [-0.39, 0.29) is 17.5 Å². The summed E-state index contributed by atoms with van der Waals surface area (Å²) >= 11 is 3.38. The average Bonchev–Trinajstić information content (AvgIpc) is 2.77. The van der Waals surface area contributed by atoms with Gasteiger partial charge in [-0.25, -0.2) is 18.1 Å². The van der Waals surface area contributed by atoms with E-state index in [2.05, 4.69) is 41.3 Å². The third-order valence-corrected chi connectivity index (χ3v) is 6.87. The molecule has 0 saturated carbocycles. The maximum atomic E-state index is 12.9. The van der Waals surface area contributed by atoms with E-state index < -0.39 is 10.0 Å². The van der Waals surface area contributed by atoms with Gasteiger partial charge < -0.3 is 15.7 Å². The number of hydrogen-bond acceptors (Lipinski definition) is 7. The van der Waals surface area contributed by atoms with Crippen LogP contribution in [0.4, 0.5) is 17.5 Å². The first-order chi connectivity index (χ1) is 15.3. The van der Waals surface area contributed by atoms with Crippen molar-refractivity contribution in [2.75, 3.05) is 23.8 Å². The van der Waals surface area contributed by atoms with Gasteiger partial charge in [0.05, 0.1) is 16.0 Å². The smallest absolute Gasteiger partial charge is 0.240 e. The molecule has 0 spiro atoms. The summed E-state index contributed by atoms with van der Waals surface area (Å²) in [6.45, 7) is 3.83. The average molecular weight is 520 g/mol. The van der Waals surface area contributed by atoms with Gasteiger partial charge in [0.2, 0.25) is 16.0 Å². The van der Waals surface area contributed by atoms with E-state index in [1.165, 1.54) is 0 Å². The number of aliphatic hydroxyl groups excluding tert-OH is 1. The van der Waals surface area contributed by atoms with Gasteiger partial charge >= 0.3 is 0 Å². The zero-order valence-corrected chi connectivity index (χ0v) is 20.2. The van der Waals surface area contributed by atoms with E-state index in [0.717, 1.165) is 5.56 Å². The van der Waals surface area contributed by atoms with Crippen molar-refractivity contribution in [1.82, 2.24) is 14.7 Å². The summed E-state index contributed by atoms with van der Waals surface area (Å²) in [6, 6.07) is 14.6. The first kappa shape index (κ1) is 24.1. The number of nitrogens with one attached hydrogen (secondary N) is 3. The first-order valence-electron chi connectivity index (χ1n) is 10.1. The number of hydrogen-bond donors (Lipinski definition) is 4. The van der Waals surface area contributed by atoms with Crippen LogP contribution in [0, 0.1) is 6.92 Å². The van der Waals surface area contributed by atoms with Crippen LogP contribution in [0.1, 0.15) is 18.1 Å². The lowest BCUT2D eigenvalue weighted by Crippen LogP contribution is -2.26. The van der Waals surface area contributed by atoms with Crippen molar-refractivity contribution >= 4 is 43.4 Å². The predicted octanol–water partition coefficient (Wildman–Crippen LogP) is 3.60. The Kier molecular flexibility index (Phi) is 8.19. The Labute approximate surface area is 196 Å². The molecule has 0 aliphatic heterocycles. The number of aromatic nitrogens is 2. The highest BCUT2D eigenvalue weighted by Gasteiger charge is 2.17. The van der Waals surface area contributed by atoms with Crippen molar-refractivity contribution in [3.05, 3.63) is 70.3 Å². The van der Waals surface area contributed by atoms with Gasteiger partial charge in [0.15, 0.2) is 0 Å². The van der Waals surface area contributed by atoms with E-state index in [0.29, 0.717) is 40.5 Å². The zero-order chi connectivity index (χ0) is 23.1. The fraction of sp³-hybridized carbons (Fsp3) is 0.273. The molecule has 0 aliphatic rings. The van der Waals surface area contributed by atoms with Crippen LogP contribution in [0.2, 0.25) is 0 Å². The monoisotopic (exact) mass is 519 g/mol. The van der Waals surface area contributed by atoms with Gasteiger partial charge in [-0.15, -0.1) is 0 Å². The van der Waals surface area contributed by atoms with Crippen LogP contribution in [-0.4, -0.2) is 42.7 Å². The van der Waals surface area contributed by atoms with Gasteiger partial charge in [-0.2, -0.15) is 4.98 Å². The second kappa shape index (κ2) is 10.9. The summed E-state index contributed by atoms with van der Waals surface area (Å²) in [6.07, 6.45) is 2.19. The summed E-state index contributed by atoms with van der Waals surface area (Å²) in [7, 11) is -3.69. The minimum atomic E-state index is -3.69. The number of aryl methyl sites for hydroxylation is 1. The molecule has 0 amide bonds. The molecule has 3 aromatic rings. The number of sulfonamides is 1. The summed E-state index contributed by atoms with van der Waals surface area (Å²) in [5.41, 5.74) is 2.25. The Bertz CT molecular complexity index is 1160. The lowest BCUT2D eigenvalue weighted by atomic mass is 10.2. The highest BCUT2D eigenvalue weighted by Crippen LogP contribution is 2.25. The molecular weight excluding hydrogens is 494 g/mol. The maximum Gasteiger partial charge on any atom is 0.240 e. The maximum absolute atomic E-state index is 12.9. The minimum absolute atomic E-state index is 0.0460. The predicted molar refractivity (Wildman–Crippen MR) is 130 cm³/mol. The third kappa shape index (κ3) is 6.49. The first-order valence-corrected chi connectivity index (χ1v) is 12.4. The molecule has 0 aliphatic carbocycles. The van der Waals surface area contributed by atoms with Crippen LogP contribution in [0.5, 0.6) is 0 Å². The molecule has 4 N–H and O–H groups in total. The molecule has 0 bridgehead atoms.